The van der Waals surface area contributed by atoms with Crippen molar-refractivity contribution in [2.45, 2.75) is 13.8 Å². The molecule has 0 aromatic heterocycles. The summed E-state index contributed by atoms with van der Waals surface area (Å²) in [6.07, 6.45) is 0. The lowest BCUT2D eigenvalue weighted by molar-refractivity contribution is -0.384. The summed E-state index contributed by atoms with van der Waals surface area (Å²) in [5, 5.41) is 16.3. The fraction of sp³-hybridized carbons (Fsp3) is 0.125. The van der Waals surface area contributed by atoms with Crippen LogP contribution in [-0.2, 0) is 0 Å². The molecule has 8 heteroatoms. The quantitative estimate of drug-likeness (QED) is 0.489. The smallest absolute Gasteiger partial charge is 0.288 e. The molecule has 0 fully saturated rings. The van der Waals surface area contributed by atoms with Gasteiger partial charge in [-0.25, -0.2) is 0 Å². The highest BCUT2D eigenvalue weighted by Crippen LogP contribution is 2.30. The van der Waals surface area contributed by atoms with Gasteiger partial charge in [0.2, 0.25) is 0 Å². The molecule has 6 nitrogen and oxygen atoms in total. The van der Waals surface area contributed by atoms with E-state index in [0.29, 0.717) is 16.8 Å². The SMILES string of the molecule is Cc1cc([N+](=O)[O-])c(Cl)cc1NC(=S)NC(=O)c1ccccc1C. The van der Waals surface area contributed by atoms with E-state index in [1.165, 1.54) is 12.1 Å². The topological polar surface area (TPSA) is 84.3 Å². The molecule has 24 heavy (non-hydrogen) atoms. The number of aryl methyl sites for hydroxylation is 2. The van der Waals surface area contributed by atoms with E-state index in [1.807, 2.05) is 19.1 Å². The van der Waals surface area contributed by atoms with Gasteiger partial charge in [-0.1, -0.05) is 29.8 Å². The Bertz CT molecular complexity index is 839. The Labute approximate surface area is 149 Å². The lowest BCUT2D eigenvalue weighted by Crippen LogP contribution is -2.34. The van der Waals surface area contributed by atoms with Crippen LogP contribution >= 0.6 is 23.8 Å². The Morgan fingerprint density at radius 2 is 1.88 bits per heavy atom. The van der Waals surface area contributed by atoms with Crippen molar-refractivity contribution in [3.8, 4) is 0 Å². The zero-order valence-corrected chi connectivity index (χ0v) is 14.5. The summed E-state index contributed by atoms with van der Waals surface area (Å²) in [6.45, 7) is 3.50. The van der Waals surface area contributed by atoms with Gasteiger partial charge in [0.1, 0.15) is 5.02 Å². The molecule has 1 amide bonds. The number of halogens is 1. The number of anilines is 1. The molecular weight excluding hydrogens is 350 g/mol. The first-order valence-electron chi connectivity index (χ1n) is 6.92. The molecule has 2 rings (SSSR count). The van der Waals surface area contributed by atoms with Gasteiger partial charge in [0.05, 0.1) is 4.92 Å². The fourth-order valence-electron chi connectivity index (χ4n) is 2.09. The molecule has 2 aromatic rings. The Morgan fingerprint density at radius 1 is 1.21 bits per heavy atom. The highest BCUT2D eigenvalue weighted by molar-refractivity contribution is 7.80. The Morgan fingerprint density at radius 3 is 2.50 bits per heavy atom. The molecule has 0 saturated heterocycles. The average Bonchev–Trinajstić information content (AvgIpc) is 2.50. The molecule has 0 spiro atoms. The van der Waals surface area contributed by atoms with E-state index in [4.69, 9.17) is 23.8 Å². The van der Waals surface area contributed by atoms with Crippen molar-refractivity contribution in [3.05, 3.63) is 68.2 Å². The van der Waals surface area contributed by atoms with Crippen LogP contribution in [0.1, 0.15) is 21.5 Å². The number of nitrogens with zero attached hydrogens (tertiary/aromatic N) is 1. The first-order valence-corrected chi connectivity index (χ1v) is 7.70. The van der Waals surface area contributed by atoms with E-state index in [9.17, 15) is 14.9 Å². The Hall–Kier alpha value is -2.51. The Balaban J connectivity index is 2.13. The highest BCUT2D eigenvalue weighted by Gasteiger charge is 2.16. The molecule has 124 valence electrons. The summed E-state index contributed by atoms with van der Waals surface area (Å²) in [6, 6.07) is 9.87. The lowest BCUT2D eigenvalue weighted by Gasteiger charge is -2.13. The highest BCUT2D eigenvalue weighted by atomic mass is 35.5. The van der Waals surface area contributed by atoms with Gasteiger partial charge in [0, 0.05) is 17.3 Å². The number of carbonyl (C=O) groups is 1. The van der Waals surface area contributed by atoms with Crippen LogP contribution in [0.15, 0.2) is 36.4 Å². The molecule has 0 aliphatic carbocycles. The molecule has 2 aromatic carbocycles. The van der Waals surface area contributed by atoms with Gasteiger partial charge in [-0.3, -0.25) is 20.2 Å². The van der Waals surface area contributed by atoms with Crippen molar-refractivity contribution in [1.29, 1.82) is 0 Å². The van der Waals surface area contributed by atoms with Gasteiger partial charge in [-0.15, -0.1) is 0 Å². The molecule has 2 N–H and O–H groups in total. The number of thiocarbonyl (C=S) groups is 1. The number of nitrogens with one attached hydrogen (secondary N) is 2. The van der Waals surface area contributed by atoms with Gasteiger partial charge in [-0.05, 0) is 49.3 Å². The first-order chi connectivity index (χ1) is 11.3. The average molecular weight is 364 g/mol. The third-order valence-corrected chi connectivity index (χ3v) is 3.86. The number of hydrogen-bond donors (Lipinski definition) is 2. The van der Waals surface area contributed by atoms with Crippen molar-refractivity contribution in [3.63, 3.8) is 0 Å². The van der Waals surface area contributed by atoms with Crippen molar-refractivity contribution >= 4 is 46.2 Å². The second-order valence-corrected chi connectivity index (χ2v) is 5.91. The standard InChI is InChI=1S/C16H14ClN3O3S/c1-9-5-3-4-6-11(9)15(21)19-16(24)18-13-8-12(17)14(20(22)23)7-10(13)2/h3-8H,1-2H3,(H2,18,19,21,24). The number of benzene rings is 2. The number of rotatable bonds is 3. The number of nitro benzene ring substituents is 1. The summed E-state index contributed by atoms with van der Waals surface area (Å²) >= 11 is 11.0. The zero-order chi connectivity index (χ0) is 17.9. The summed E-state index contributed by atoms with van der Waals surface area (Å²) in [4.78, 5) is 22.5. The van der Waals surface area contributed by atoms with Gasteiger partial charge in [0.25, 0.3) is 11.6 Å². The molecule has 0 aliphatic heterocycles. The summed E-state index contributed by atoms with van der Waals surface area (Å²) in [5.74, 6) is -0.337. The van der Waals surface area contributed by atoms with Gasteiger partial charge >= 0.3 is 0 Å². The van der Waals surface area contributed by atoms with Gasteiger partial charge < -0.3 is 5.32 Å². The number of amides is 1. The summed E-state index contributed by atoms with van der Waals surface area (Å²) in [7, 11) is 0. The van der Waals surface area contributed by atoms with Crippen LogP contribution in [-0.4, -0.2) is 15.9 Å². The van der Waals surface area contributed by atoms with Crippen LogP contribution in [0.4, 0.5) is 11.4 Å². The van der Waals surface area contributed by atoms with Gasteiger partial charge in [-0.2, -0.15) is 0 Å². The maximum atomic E-state index is 12.2. The predicted molar refractivity (Wildman–Crippen MR) is 97.7 cm³/mol. The summed E-state index contributed by atoms with van der Waals surface area (Å²) < 4.78 is 0. The summed E-state index contributed by atoms with van der Waals surface area (Å²) in [5.41, 5.74) is 2.22. The fourth-order valence-corrected chi connectivity index (χ4v) is 2.53. The molecule has 0 atom stereocenters. The van der Waals surface area contributed by atoms with E-state index < -0.39 is 4.92 Å². The minimum absolute atomic E-state index is 0.0128. The number of nitro groups is 1. The van der Waals surface area contributed by atoms with Crippen LogP contribution in [0.25, 0.3) is 0 Å². The van der Waals surface area contributed by atoms with Crippen molar-refractivity contribution in [2.24, 2.45) is 0 Å². The van der Waals surface area contributed by atoms with Gasteiger partial charge in [0.15, 0.2) is 5.11 Å². The molecule has 0 radical (unpaired) electrons. The van der Waals surface area contributed by atoms with Crippen LogP contribution in [0.5, 0.6) is 0 Å². The minimum Gasteiger partial charge on any atom is -0.332 e. The maximum Gasteiger partial charge on any atom is 0.288 e. The molecular formula is C16H14ClN3O3S. The normalized spacial score (nSPS) is 10.1. The van der Waals surface area contributed by atoms with E-state index >= 15 is 0 Å². The maximum absolute atomic E-state index is 12.2. The Kier molecular flexibility index (Phi) is 5.48. The molecule has 0 aliphatic rings. The number of carbonyl (C=O) groups excluding carboxylic acids is 1. The van der Waals surface area contributed by atoms with Crippen molar-refractivity contribution in [2.75, 3.05) is 5.32 Å². The van der Waals surface area contributed by atoms with Crippen molar-refractivity contribution < 1.29 is 9.72 Å². The van der Waals surface area contributed by atoms with Crippen LogP contribution in [0.2, 0.25) is 5.02 Å². The molecule has 0 unspecified atom stereocenters. The van der Waals surface area contributed by atoms with E-state index in [0.717, 1.165) is 5.56 Å². The van der Waals surface area contributed by atoms with E-state index in [1.54, 1.807) is 19.1 Å². The second-order valence-electron chi connectivity index (χ2n) is 5.10. The van der Waals surface area contributed by atoms with Crippen LogP contribution < -0.4 is 10.6 Å². The monoisotopic (exact) mass is 363 g/mol. The van der Waals surface area contributed by atoms with Crippen LogP contribution in [0.3, 0.4) is 0 Å². The molecule has 0 heterocycles. The van der Waals surface area contributed by atoms with Crippen LogP contribution in [0, 0.1) is 24.0 Å². The molecule has 0 bridgehead atoms. The van der Waals surface area contributed by atoms with E-state index in [2.05, 4.69) is 10.6 Å². The third-order valence-electron chi connectivity index (χ3n) is 3.36. The third kappa shape index (κ3) is 4.06. The van der Waals surface area contributed by atoms with Crippen molar-refractivity contribution in [1.82, 2.24) is 5.32 Å². The number of hydrogen-bond acceptors (Lipinski definition) is 4. The minimum atomic E-state index is -0.558. The van der Waals surface area contributed by atoms with E-state index in [-0.39, 0.29) is 21.7 Å². The first kappa shape index (κ1) is 17.8. The zero-order valence-electron chi connectivity index (χ0n) is 12.9. The predicted octanol–water partition coefficient (Wildman–Crippen LogP) is 3.99. The second kappa shape index (κ2) is 7.37. The molecule has 0 saturated carbocycles. The lowest BCUT2D eigenvalue weighted by atomic mass is 10.1. The largest absolute Gasteiger partial charge is 0.332 e.